The van der Waals surface area contributed by atoms with Crippen LogP contribution in [0.4, 0.5) is 0 Å². The van der Waals surface area contributed by atoms with E-state index in [4.69, 9.17) is 20.9 Å². The molecule has 1 aliphatic heterocycles. The predicted octanol–water partition coefficient (Wildman–Crippen LogP) is 4.83. The number of likely N-dealkylation sites (tertiary alicyclic amines) is 1. The Balaban J connectivity index is 1.76. The van der Waals surface area contributed by atoms with Gasteiger partial charge < -0.3 is 18.7 Å². The van der Waals surface area contributed by atoms with Crippen molar-refractivity contribution in [3.05, 3.63) is 80.4 Å². The zero-order valence-corrected chi connectivity index (χ0v) is 20.0. The Bertz CT molecular complexity index is 1450. The molecule has 1 aliphatic rings. The van der Waals surface area contributed by atoms with Crippen LogP contribution in [0.25, 0.3) is 22.0 Å². The standard InChI is InChI=1S/C26H24ClN3O4/c1-15-24(16(2)34-28-15)20-11-18-12-21(25(31)29-9-4-10-29)26(32)30(22(18)13-23(20)33-3)14-17-5-7-19(27)8-6-17/h5-8,11-13H,4,9-10,14H2,1-3H3. The number of rotatable bonds is 5. The molecule has 7 nitrogen and oxygen atoms in total. The molecule has 0 bridgehead atoms. The zero-order chi connectivity index (χ0) is 24.0. The van der Waals surface area contributed by atoms with Crippen LogP contribution in [0.3, 0.4) is 0 Å². The summed E-state index contributed by atoms with van der Waals surface area (Å²) >= 11 is 6.05. The van der Waals surface area contributed by atoms with Gasteiger partial charge in [0.15, 0.2) is 0 Å². The van der Waals surface area contributed by atoms with Gasteiger partial charge in [0.1, 0.15) is 17.1 Å². The minimum Gasteiger partial charge on any atom is -0.496 e. The smallest absolute Gasteiger partial charge is 0.264 e. The van der Waals surface area contributed by atoms with Crippen molar-refractivity contribution in [1.82, 2.24) is 14.6 Å². The maximum atomic E-state index is 13.6. The van der Waals surface area contributed by atoms with Crippen molar-refractivity contribution in [3.63, 3.8) is 0 Å². The fourth-order valence-corrected chi connectivity index (χ4v) is 4.54. The second-order valence-electron chi connectivity index (χ2n) is 8.53. The van der Waals surface area contributed by atoms with Crippen LogP contribution in [0, 0.1) is 13.8 Å². The van der Waals surface area contributed by atoms with E-state index in [1.807, 2.05) is 38.1 Å². The van der Waals surface area contributed by atoms with Crippen molar-refractivity contribution < 1.29 is 14.1 Å². The monoisotopic (exact) mass is 477 g/mol. The number of ether oxygens (including phenoxy) is 1. The average molecular weight is 478 g/mol. The molecule has 34 heavy (non-hydrogen) atoms. The van der Waals surface area contributed by atoms with Crippen molar-refractivity contribution >= 4 is 28.4 Å². The Morgan fingerprint density at radius 3 is 2.47 bits per heavy atom. The fourth-order valence-electron chi connectivity index (χ4n) is 4.41. The first-order valence-electron chi connectivity index (χ1n) is 11.1. The van der Waals surface area contributed by atoms with Crippen molar-refractivity contribution in [2.75, 3.05) is 20.2 Å². The molecule has 1 fully saturated rings. The van der Waals surface area contributed by atoms with E-state index in [1.165, 1.54) is 0 Å². The minimum atomic E-state index is -0.327. The van der Waals surface area contributed by atoms with Gasteiger partial charge in [0, 0.05) is 35.1 Å². The highest BCUT2D eigenvalue weighted by Gasteiger charge is 2.26. The average Bonchev–Trinajstić information content (AvgIpc) is 3.12. The van der Waals surface area contributed by atoms with Gasteiger partial charge in [-0.2, -0.15) is 0 Å². The first-order chi connectivity index (χ1) is 16.4. The van der Waals surface area contributed by atoms with E-state index in [9.17, 15) is 9.59 Å². The lowest BCUT2D eigenvalue weighted by Crippen LogP contribution is -2.44. The fraction of sp³-hybridized carbons (Fsp3) is 0.269. The zero-order valence-electron chi connectivity index (χ0n) is 19.2. The molecule has 0 unspecified atom stereocenters. The van der Waals surface area contributed by atoms with Crippen molar-refractivity contribution in [1.29, 1.82) is 0 Å². The van der Waals surface area contributed by atoms with Crippen LogP contribution < -0.4 is 10.3 Å². The second kappa shape index (κ2) is 8.65. The molecule has 0 N–H and O–H groups in total. The highest BCUT2D eigenvalue weighted by Crippen LogP contribution is 2.37. The van der Waals surface area contributed by atoms with Gasteiger partial charge in [-0.25, -0.2) is 0 Å². The second-order valence-corrected chi connectivity index (χ2v) is 8.97. The number of carbonyl (C=O) groups excluding carboxylic acids is 1. The molecule has 1 saturated heterocycles. The molecular formula is C26H24ClN3O4. The Morgan fingerprint density at radius 2 is 1.88 bits per heavy atom. The maximum Gasteiger partial charge on any atom is 0.264 e. The van der Waals surface area contributed by atoms with Gasteiger partial charge in [-0.3, -0.25) is 9.59 Å². The summed E-state index contributed by atoms with van der Waals surface area (Å²) in [5, 5.41) is 5.45. The van der Waals surface area contributed by atoms with Gasteiger partial charge in [-0.1, -0.05) is 28.9 Å². The number of hydrogen-bond acceptors (Lipinski definition) is 5. The molecule has 174 valence electrons. The Kier molecular flexibility index (Phi) is 5.65. The number of fused-ring (bicyclic) bond motifs is 1. The normalized spacial score (nSPS) is 13.2. The molecule has 3 heterocycles. The molecule has 0 atom stereocenters. The first-order valence-corrected chi connectivity index (χ1v) is 11.5. The number of halogens is 1. The Labute approximate surface area is 201 Å². The third-order valence-electron chi connectivity index (χ3n) is 6.35. The largest absolute Gasteiger partial charge is 0.496 e. The topological polar surface area (TPSA) is 77.6 Å². The number of methoxy groups -OCH3 is 1. The molecule has 0 radical (unpaired) electrons. The molecule has 2 aromatic carbocycles. The van der Waals surface area contributed by atoms with E-state index in [1.54, 1.807) is 34.8 Å². The van der Waals surface area contributed by atoms with E-state index in [-0.39, 0.29) is 17.0 Å². The first kappa shape index (κ1) is 22.2. The molecule has 0 aliphatic carbocycles. The molecule has 4 aromatic rings. The third kappa shape index (κ3) is 3.76. The van der Waals surface area contributed by atoms with Gasteiger partial charge in [0.25, 0.3) is 11.5 Å². The summed E-state index contributed by atoms with van der Waals surface area (Å²) in [5.74, 6) is 1.02. The van der Waals surface area contributed by atoms with Gasteiger partial charge in [-0.15, -0.1) is 0 Å². The summed E-state index contributed by atoms with van der Waals surface area (Å²) < 4.78 is 12.7. The van der Waals surface area contributed by atoms with E-state index < -0.39 is 0 Å². The number of aryl methyl sites for hydroxylation is 2. The number of carbonyl (C=O) groups is 1. The summed E-state index contributed by atoms with van der Waals surface area (Å²) in [6, 6.07) is 12.8. The number of aromatic nitrogens is 2. The van der Waals surface area contributed by atoms with E-state index in [2.05, 4.69) is 5.16 Å². The summed E-state index contributed by atoms with van der Waals surface area (Å²) in [7, 11) is 1.59. The predicted molar refractivity (Wildman–Crippen MR) is 131 cm³/mol. The molecule has 8 heteroatoms. The van der Waals surface area contributed by atoms with Gasteiger partial charge >= 0.3 is 0 Å². The molecule has 5 rings (SSSR count). The highest BCUT2D eigenvalue weighted by molar-refractivity contribution is 6.30. The third-order valence-corrected chi connectivity index (χ3v) is 6.60. The summed E-state index contributed by atoms with van der Waals surface area (Å²) in [6.45, 7) is 5.34. The van der Waals surface area contributed by atoms with Gasteiger partial charge in [-0.05, 0) is 50.1 Å². The molecule has 0 saturated carbocycles. The lowest BCUT2D eigenvalue weighted by molar-refractivity contribution is 0.0649. The quantitative estimate of drug-likeness (QED) is 0.411. The van der Waals surface area contributed by atoms with E-state index >= 15 is 0 Å². The highest BCUT2D eigenvalue weighted by atomic mass is 35.5. The number of nitrogens with zero attached hydrogens (tertiary/aromatic N) is 3. The molecule has 2 aromatic heterocycles. The van der Waals surface area contributed by atoms with Gasteiger partial charge in [0.05, 0.1) is 30.4 Å². The molecule has 0 spiro atoms. The van der Waals surface area contributed by atoms with Crippen molar-refractivity contribution in [2.45, 2.75) is 26.8 Å². The van der Waals surface area contributed by atoms with Crippen LogP contribution >= 0.6 is 11.6 Å². The Morgan fingerprint density at radius 1 is 1.15 bits per heavy atom. The number of pyridine rings is 1. The van der Waals surface area contributed by atoms with Gasteiger partial charge in [0.2, 0.25) is 0 Å². The van der Waals surface area contributed by atoms with Crippen LogP contribution in [-0.4, -0.2) is 40.7 Å². The van der Waals surface area contributed by atoms with E-state index in [0.29, 0.717) is 41.7 Å². The van der Waals surface area contributed by atoms with Crippen LogP contribution in [0.5, 0.6) is 5.75 Å². The number of benzene rings is 2. The Hall–Kier alpha value is -3.58. The summed E-state index contributed by atoms with van der Waals surface area (Å²) in [4.78, 5) is 28.4. The van der Waals surface area contributed by atoms with Crippen LogP contribution in [0.2, 0.25) is 5.02 Å². The summed E-state index contributed by atoms with van der Waals surface area (Å²) in [5.41, 5.74) is 3.78. The lowest BCUT2D eigenvalue weighted by atomic mass is 9.99. The summed E-state index contributed by atoms with van der Waals surface area (Å²) in [6.07, 6.45) is 0.950. The number of hydrogen-bond donors (Lipinski definition) is 0. The van der Waals surface area contributed by atoms with E-state index in [0.717, 1.165) is 34.2 Å². The number of amides is 1. The molecular weight excluding hydrogens is 454 g/mol. The van der Waals surface area contributed by atoms with Crippen molar-refractivity contribution in [2.24, 2.45) is 0 Å². The van der Waals surface area contributed by atoms with Crippen molar-refractivity contribution in [3.8, 4) is 16.9 Å². The minimum absolute atomic E-state index is 0.163. The SMILES string of the molecule is COc1cc2c(cc1-c1c(C)noc1C)cc(C(=O)N1CCC1)c(=O)n2Cc1ccc(Cl)cc1. The maximum absolute atomic E-state index is 13.6. The van der Waals surface area contributed by atoms with Crippen LogP contribution in [-0.2, 0) is 6.54 Å². The van der Waals surface area contributed by atoms with Crippen LogP contribution in [0.1, 0.15) is 33.8 Å². The molecule has 1 amide bonds. The lowest BCUT2D eigenvalue weighted by Gasteiger charge is -2.31. The van der Waals surface area contributed by atoms with Crippen LogP contribution in [0.15, 0.2) is 51.8 Å².